The summed E-state index contributed by atoms with van der Waals surface area (Å²) in [6, 6.07) is 5.13. The van der Waals surface area contributed by atoms with Crippen molar-refractivity contribution in [3.8, 4) is 0 Å². The van der Waals surface area contributed by atoms with Crippen LogP contribution in [0.15, 0.2) is 30.7 Å². The van der Waals surface area contributed by atoms with E-state index >= 15 is 0 Å². The molecule has 0 amide bonds. The van der Waals surface area contributed by atoms with Crippen LogP contribution in [0.2, 0.25) is 0 Å². The van der Waals surface area contributed by atoms with E-state index in [0.717, 1.165) is 11.3 Å². The molecule has 2 aromatic rings. The Kier molecular flexibility index (Phi) is 3.27. The number of anilines is 1. The second-order valence-corrected chi connectivity index (χ2v) is 4.13. The number of nitrogens with one attached hydrogen (secondary N) is 1. The third kappa shape index (κ3) is 2.48. The predicted molar refractivity (Wildman–Crippen MR) is 68.4 cm³/mol. The number of hydrogen-bond acceptors (Lipinski definition) is 4. The fourth-order valence-corrected chi connectivity index (χ4v) is 1.68. The van der Waals surface area contributed by atoms with Crippen molar-refractivity contribution in [3.63, 3.8) is 0 Å². The van der Waals surface area contributed by atoms with Crippen LogP contribution >= 0.6 is 0 Å². The van der Waals surface area contributed by atoms with Crippen molar-refractivity contribution < 1.29 is 4.92 Å². The van der Waals surface area contributed by atoms with Crippen LogP contribution < -0.4 is 5.32 Å². The summed E-state index contributed by atoms with van der Waals surface area (Å²) < 4.78 is 1.87. The second kappa shape index (κ2) is 4.87. The van der Waals surface area contributed by atoms with Gasteiger partial charge in [0, 0.05) is 19.3 Å². The molecule has 1 aromatic heterocycles. The number of nitro benzene ring substituents is 1. The van der Waals surface area contributed by atoms with Gasteiger partial charge < -0.3 is 9.88 Å². The quantitative estimate of drug-likeness (QED) is 0.663. The summed E-state index contributed by atoms with van der Waals surface area (Å²) in [6.07, 6.45) is 3.42. The molecule has 0 aliphatic rings. The molecule has 2 rings (SSSR count). The van der Waals surface area contributed by atoms with Gasteiger partial charge in [0.1, 0.15) is 5.69 Å². The van der Waals surface area contributed by atoms with Crippen LogP contribution in [0.5, 0.6) is 0 Å². The van der Waals surface area contributed by atoms with Gasteiger partial charge in [-0.05, 0) is 18.6 Å². The average Bonchev–Trinajstić information content (AvgIpc) is 2.73. The zero-order valence-electron chi connectivity index (χ0n) is 10.3. The summed E-state index contributed by atoms with van der Waals surface area (Å²) in [5, 5.41) is 14.0. The minimum Gasteiger partial charge on any atom is -0.374 e. The number of nitrogens with zero attached hydrogens (tertiary/aromatic N) is 3. The number of aryl methyl sites for hydroxylation is 2. The monoisotopic (exact) mass is 246 g/mol. The molecule has 6 nitrogen and oxygen atoms in total. The molecular formula is C12H14N4O2. The molecular weight excluding hydrogens is 232 g/mol. The summed E-state index contributed by atoms with van der Waals surface area (Å²) in [4.78, 5) is 14.6. The molecule has 0 saturated carbocycles. The van der Waals surface area contributed by atoms with Gasteiger partial charge in [-0.2, -0.15) is 0 Å². The molecule has 1 heterocycles. The summed E-state index contributed by atoms with van der Waals surface area (Å²) in [5.41, 5.74) is 2.45. The van der Waals surface area contributed by atoms with Crippen LogP contribution in [-0.2, 0) is 13.6 Å². The van der Waals surface area contributed by atoms with E-state index in [1.54, 1.807) is 24.7 Å². The lowest BCUT2D eigenvalue weighted by molar-refractivity contribution is -0.384. The molecule has 0 bridgehead atoms. The van der Waals surface area contributed by atoms with E-state index in [2.05, 4.69) is 10.3 Å². The van der Waals surface area contributed by atoms with Gasteiger partial charge in [-0.15, -0.1) is 0 Å². The van der Waals surface area contributed by atoms with Gasteiger partial charge in [-0.3, -0.25) is 10.1 Å². The van der Waals surface area contributed by atoms with E-state index in [0.29, 0.717) is 12.2 Å². The Balaban J connectivity index is 2.19. The lowest BCUT2D eigenvalue weighted by atomic mass is 10.2. The molecule has 0 unspecified atom stereocenters. The highest BCUT2D eigenvalue weighted by atomic mass is 16.6. The predicted octanol–water partition coefficient (Wildman–Crippen LogP) is 2.25. The molecule has 0 spiro atoms. The topological polar surface area (TPSA) is 73.0 Å². The van der Waals surface area contributed by atoms with Crippen molar-refractivity contribution in [3.05, 3.63) is 52.1 Å². The lowest BCUT2D eigenvalue weighted by Gasteiger charge is -2.08. The van der Waals surface area contributed by atoms with Crippen molar-refractivity contribution in [2.24, 2.45) is 7.05 Å². The molecule has 1 aromatic carbocycles. The highest BCUT2D eigenvalue weighted by Gasteiger charge is 2.13. The largest absolute Gasteiger partial charge is 0.374 e. The fraction of sp³-hybridized carbons (Fsp3) is 0.250. The molecule has 0 atom stereocenters. The van der Waals surface area contributed by atoms with Crippen molar-refractivity contribution in [1.82, 2.24) is 9.55 Å². The minimum absolute atomic E-state index is 0.0946. The van der Waals surface area contributed by atoms with Crippen molar-refractivity contribution >= 4 is 11.4 Å². The van der Waals surface area contributed by atoms with Crippen LogP contribution in [0.3, 0.4) is 0 Å². The minimum atomic E-state index is -0.376. The first-order valence-electron chi connectivity index (χ1n) is 5.52. The third-order valence-electron chi connectivity index (χ3n) is 2.73. The first-order chi connectivity index (χ1) is 8.58. The van der Waals surface area contributed by atoms with E-state index < -0.39 is 0 Å². The van der Waals surface area contributed by atoms with Crippen LogP contribution in [-0.4, -0.2) is 14.5 Å². The first kappa shape index (κ1) is 12.1. The first-order valence-corrected chi connectivity index (χ1v) is 5.52. The van der Waals surface area contributed by atoms with Crippen LogP contribution in [0, 0.1) is 17.0 Å². The van der Waals surface area contributed by atoms with Crippen LogP contribution in [0.4, 0.5) is 11.4 Å². The molecule has 1 N–H and O–H groups in total. The summed E-state index contributed by atoms with van der Waals surface area (Å²) >= 11 is 0. The second-order valence-electron chi connectivity index (χ2n) is 4.13. The Morgan fingerprint density at radius 1 is 1.50 bits per heavy atom. The number of nitro groups is 1. The molecule has 18 heavy (non-hydrogen) atoms. The Labute approximate surface area is 104 Å². The highest BCUT2D eigenvalue weighted by Crippen LogP contribution is 2.25. The van der Waals surface area contributed by atoms with E-state index in [1.807, 2.05) is 24.6 Å². The summed E-state index contributed by atoms with van der Waals surface area (Å²) in [6.45, 7) is 2.33. The maximum absolute atomic E-state index is 11.0. The number of hydrogen-bond donors (Lipinski definition) is 1. The zero-order valence-corrected chi connectivity index (χ0v) is 10.3. The molecule has 0 saturated heterocycles. The van der Waals surface area contributed by atoms with Gasteiger partial charge in [0.05, 0.1) is 23.5 Å². The van der Waals surface area contributed by atoms with Crippen LogP contribution in [0.25, 0.3) is 0 Å². The number of imidazole rings is 1. The highest BCUT2D eigenvalue weighted by molar-refractivity contribution is 5.62. The molecule has 0 radical (unpaired) electrons. The van der Waals surface area contributed by atoms with Crippen LogP contribution in [0.1, 0.15) is 11.3 Å². The fourth-order valence-electron chi connectivity index (χ4n) is 1.68. The molecule has 0 aliphatic carbocycles. The zero-order chi connectivity index (χ0) is 13.1. The van der Waals surface area contributed by atoms with E-state index in [9.17, 15) is 10.1 Å². The Bertz CT molecular complexity index is 577. The Morgan fingerprint density at radius 2 is 2.28 bits per heavy atom. The lowest BCUT2D eigenvalue weighted by Crippen LogP contribution is -2.06. The third-order valence-corrected chi connectivity index (χ3v) is 2.73. The van der Waals surface area contributed by atoms with Crippen molar-refractivity contribution in [2.45, 2.75) is 13.5 Å². The average molecular weight is 246 g/mol. The van der Waals surface area contributed by atoms with Gasteiger partial charge in [0.25, 0.3) is 5.69 Å². The summed E-state index contributed by atoms with van der Waals surface area (Å²) in [5.74, 6) is 0. The van der Waals surface area contributed by atoms with Crippen molar-refractivity contribution in [2.75, 3.05) is 5.32 Å². The molecule has 94 valence electrons. The maximum Gasteiger partial charge on any atom is 0.292 e. The Hall–Kier alpha value is -2.37. The van der Waals surface area contributed by atoms with Gasteiger partial charge in [0.15, 0.2) is 0 Å². The molecule has 6 heteroatoms. The number of benzene rings is 1. The summed E-state index contributed by atoms with van der Waals surface area (Å²) in [7, 11) is 1.88. The van der Waals surface area contributed by atoms with Gasteiger partial charge in [-0.25, -0.2) is 4.98 Å². The Morgan fingerprint density at radius 3 is 2.89 bits per heavy atom. The number of rotatable bonds is 4. The normalized spacial score (nSPS) is 10.3. The van der Waals surface area contributed by atoms with E-state index in [1.165, 1.54) is 0 Å². The van der Waals surface area contributed by atoms with E-state index in [-0.39, 0.29) is 10.6 Å². The maximum atomic E-state index is 11.0. The number of aromatic nitrogens is 2. The molecule has 0 fully saturated rings. The van der Waals surface area contributed by atoms with E-state index in [4.69, 9.17) is 0 Å². The van der Waals surface area contributed by atoms with Crippen molar-refractivity contribution in [1.29, 1.82) is 0 Å². The van der Waals surface area contributed by atoms with Gasteiger partial charge in [-0.1, -0.05) is 6.07 Å². The molecule has 0 aliphatic heterocycles. The smallest absolute Gasteiger partial charge is 0.292 e. The SMILES string of the molecule is Cc1ccc(NCc2cncn2C)c([N+](=O)[O-])c1. The standard InChI is InChI=1S/C12H14N4O2/c1-9-3-4-11(12(5-9)16(17)18)14-7-10-6-13-8-15(10)2/h3-6,8,14H,7H2,1-2H3. The van der Waals surface area contributed by atoms with Gasteiger partial charge in [0.2, 0.25) is 0 Å². The van der Waals surface area contributed by atoms with Gasteiger partial charge >= 0.3 is 0 Å².